The van der Waals surface area contributed by atoms with E-state index >= 15 is 0 Å². The van der Waals surface area contributed by atoms with Crippen LogP contribution in [0.3, 0.4) is 0 Å². The van der Waals surface area contributed by atoms with Crippen LogP contribution in [0, 0.1) is 0 Å². The smallest absolute Gasteiger partial charge is 0.407 e. The first kappa shape index (κ1) is 16.0. The summed E-state index contributed by atoms with van der Waals surface area (Å²) < 4.78 is 6.88. The molecule has 7 nitrogen and oxygen atoms in total. The van der Waals surface area contributed by atoms with Crippen molar-refractivity contribution in [2.45, 2.75) is 39.3 Å². The van der Waals surface area contributed by atoms with Crippen LogP contribution in [0.4, 0.5) is 4.79 Å². The molecule has 0 aromatic carbocycles. The molecule has 0 aliphatic carbocycles. The summed E-state index contributed by atoms with van der Waals surface area (Å²) in [5, 5.41) is 5.22. The Bertz CT molecular complexity index is 462. The number of imidazole rings is 1. The maximum Gasteiger partial charge on any atom is 0.407 e. The Balaban J connectivity index is 2.41. The van der Waals surface area contributed by atoms with Crippen molar-refractivity contribution in [3.8, 4) is 0 Å². The first-order valence-electron chi connectivity index (χ1n) is 6.48. The van der Waals surface area contributed by atoms with E-state index in [0.29, 0.717) is 13.0 Å². The molecule has 1 heterocycles. The minimum Gasteiger partial charge on any atom is -0.444 e. The van der Waals surface area contributed by atoms with Crippen LogP contribution < -0.4 is 10.6 Å². The van der Waals surface area contributed by atoms with Crippen LogP contribution in [-0.2, 0) is 22.5 Å². The lowest BCUT2D eigenvalue weighted by molar-refractivity contribution is -0.121. The van der Waals surface area contributed by atoms with Gasteiger partial charge in [0, 0.05) is 31.9 Å². The molecule has 7 heteroatoms. The molecule has 0 aliphatic rings. The van der Waals surface area contributed by atoms with Crippen LogP contribution >= 0.6 is 0 Å². The minimum atomic E-state index is -0.509. The predicted molar refractivity (Wildman–Crippen MR) is 74.2 cm³/mol. The molecule has 2 amide bonds. The van der Waals surface area contributed by atoms with Crippen molar-refractivity contribution in [2.75, 3.05) is 13.6 Å². The largest absolute Gasteiger partial charge is 0.444 e. The molecule has 1 rings (SSSR count). The highest BCUT2D eigenvalue weighted by molar-refractivity contribution is 5.75. The second-order valence-electron chi connectivity index (χ2n) is 5.36. The fourth-order valence-electron chi connectivity index (χ4n) is 1.54. The molecule has 1 aromatic heterocycles. The molecule has 0 saturated carbocycles. The van der Waals surface area contributed by atoms with Crippen molar-refractivity contribution in [3.63, 3.8) is 0 Å². The molecule has 0 aliphatic heterocycles. The highest BCUT2D eigenvalue weighted by Gasteiger charge is 2.15. The van der Waals surface area contributed by atoms with Gasteiger partial charge in [-0.25, -0.2) is 9.78 Å². The number of alkyl carbamates (subject to hydrolysis) is 1. The quantitative estimate of drug-likeness (QED) is 0.832. The number of hydrogen-bond acceptors (Lipinski definition) is 4. The topological polar surface area (TPSA) is 85.3 Å². The first-order valence-corrected chi connectivity index (χ1v) is 6.48. The van der Waals surface area contributed by atoms with E-state index in [1.807, 2.05) is 20.8 Å². The Morgan fingerprint density at radius 1 is 1.40 bits per heavy atom. The molecule has 2 N–H and O–H groups in total. The number of aromatic nitrogens is 2. The van der Waals surface area contributed by atoms with Gasteiger partial charge in [0.25, 0.3) is 0 Å². The summed E-state index contributed by atoms with van der Waals surface area (Å²) >= 11 is 0. The summed E-state index contributed by atoms with van der Waals surface area (Å²) in [6.07, 6.45) is 3.41. The van der Waals surface area contributed by atoms with Crippen LogP contribution in [0.15, 0.2) is 12.5 Å². The number of ether oxygens (including phenoxy) is 1. The van der Waals surface area contributed by atoms with Gasteiger partial charge in [0.05, 0.1) is 6.33 Å². The van der Waals surface area contributed by atoms with E-state index in [1.54, 1.807) is 24.1 Å². The standard InChI is InChI=1S/C13H22N4O3/c1-13(2,3)20-12(19)16-6-5-10-7-15-9-17(10)8-11(18)14-4/h7,9H,5-6,8H2,1-4H3,(H,14,18)(H,16,19). The molecule has 0 saturated heterocycles. The van der Waals surface area contributed by atoms with E-state index in [4.69, 9.17) is 4.74 Å². The fraction of sp³-hybridized carbons (Fsp3) is 0.615. The summed E-state index contributed by atoms with van der Waals surface area (Å²) in [6, 6.07) is 0. The molecule has 0 radical (unpaired) electrons. The van der Waals surface area contributed by atoms with E-state index in [2.05, 4.69) is 15.6 Å². The lowest BCUT2D eigenvalue weighted by atomic mass is 10.2. The lowest BCUT2D eigenvalue weighted by Gasteiger charge is -2.19. The zero-order valence-corrected chi connectivity index (χ0v) is 12.4. The molecule has 0 spiro atoms. The molecule has 1 aromatic rings. The van der Waals surface area contributed by atoms with Gasteiger partial charge in [-0.15, -0.1) is 0 Å². The summed E-state index contributed by atoms with van der Waals surface area (Å²) in [5.74, 6) is -0.0932. The van der Waals surface area contributed by atoms with Crippen LogP contribution in [0.25, 0.3) is 0 Å². The van der Waals surface area contributed by atoms with Gasteiger partial charge >= 0.3 is 6.09 Å². The number of carbonyl (C=O) groups excluding carboxylic acids is 2. The van der Waals surface area contributed by atoms with Crippen molar-refractivity contribution >= 4 is 12.0 Å². The molecular formula is C13H22N4O3. The second-order valence-corrected chi connectivity index (χ2v) is 5.36. The van der Waals surface area contributed by atoms with E-state index in [1.165, 1.54) is 0 Å². The molecule has 0 fully saturated rings. The van der Waals surface area contributed by atoms with Gasteiger partial charge in [-0.3, -0.25) is 4.79 Å². The maximum atomic E-state index is 11.5. The average Bonchev–Trinajstić information content (AvgIpc) is 2.74. The van der Waals surface area contributed by atoms with E-state index in [0.717, 1.165) is 5.69 Å². The van der Waals surface area contributed by atoms with Crippen LogP contribution in [0.1, 0.15) is 26.5 Å². The van der Waals surface area contributed by atoms with Crippen molar-refractivity contribution in [2.24, 2.45) is 0 Å². The van der Waals surface area contributed by atoms with Gasteiger partial charge in [-0.1, -0.05) is 0 Å². The summed E-state index contributed by atoms with van der Waals surface area (Å²) in [7, 11) is 1.59. The summed E-state index contributed by atoms with van der Waals surface area (Å²) in [4.78, 5) is 26.8. The van der Waals surface area contributed by atoms with E-state index in [-0.39, 0.29) is 12.5 Å². The molecule has 0 atom stereocenters. The fourth-order valence-corrected chi connectivity index (χ4v) is 1.54. The SMILES string of the molecule is CNC(=O)Cn1cncc1CCNC(=O)OC(C)(C)C. The molecular weight excluding hydrogens is 260 g/mol. The number of carbonyl (C=O) groups is 2. The van der Waals surface area contributed by atoms with Gasteiger partial charge in [0.1, 0.15) is 12.1 Å². The first-order chi connectivity index (χ1) is 9.31. The van der Waals surface area contributed by atoms with Crippen LogP contribution in [-0.4, -0.2) is 40.7 Å². The maximum absolute atomic E-state index is 11.5. The van der Waals surface area contributed by atoms with Crippen LogP contribution in [0.5, 0.6) is 0 Å². The Morgan fingerprint density at radius 3 is 2.70 bits per heavy atom. The molecule has 112 valence electrons. The van der Waals surface area contributed by atoms with Gasteiger partial charge in [0.2, 0.25) is 5.91 Å². The van der Waals surface area contributed by atoms with Gasteiger partial charge < -0.3 is 19.9 Å². The van der Waals surface area contributed by atoms with Crippen molar-refractivity contribution < 1.29 is 14.3 Å². The Kier molecular flexibility index (Phi) is 5.54. The average molecular weight is 282 g/mol. The Labute approximate surface area is 118 Å². The normalized spacial score (nSPS) is 11.0. The molecule has 20 heavy (non-hydrogen) atoms. The van der Waals surface area contributed by atoms with Crippen molar-refractivity contribution in [1.29, 1.82) is 0 Å². The third kappa shape index (κ3) is 5.73. The molecule has 0 bridgehead atoms. The summed E-state index contributed by atoms with van der Waals surface area (Å²) in [6.45, 7) is 6.08. The monoisotopic (exact) mass is 282 g/mol. The lowest BCUT2D eigenvalue weighted by Crippen LogP contribution is -2.33. The van der Waals surface area contributed by atoms with Gasteiger partial charge in [-0.05, 0) is 20.8 Å². The minimum absolute atomic E-state index is 0.0932. The van der Waals surface area contributed by atoms with Gasteiger partial charge in [-0.2, -0.15) is 0 Å². The van der Waals surface area contributed by atoms with Crippen LogP contribution in [0.2, 0.25) is 0 Å². The Morgan fingerprint density at radius 2 is 2.10 bits per heavy atom. The number of nitrogens with one attached hydrogen (secondary N) is 2. The number of amides is 2. The Hall–Kier alpha value is -2.05. The number of likely N-dealkylation sites (N-methyl/N-ethyl adjacent to an activating group) is 1. The zero-order valence-electron chi connectivity index (χ0n) is 12.4. The third-order valence-corrected chi connectivity index (χ3v) is 2.44. The molecule has 0 unspecified atom stereocenters. The number of hydrogen-bond donors (Lipinski definition) is 2. The van der Waals surface area contributed by atoms with E-state index < -0.39 is 11.7 Å². The number of nitrogens with zero attached hydrogens (tertiary/aromatic N) is 2. The zero-order chi connectivity index (χ0) is 15.2. The predicted octanol–water partition coefficient (Wildman–Crippen LogP) is 0.696. The highest BCUT2D eigenvalue weighted by atomic mass is 16.6. The second kappa shape index (κ2) is 6.93. The van der Waals surface area contributed by atoms with Gasteiger partial charge in [0.15, 0.2) is 0 Å². The highest BCUT2D eigenvalue weighted by Crippen LogP contribution is 2.06. The number of rotatable bonds is 5. The van der Waals surface area contributed by atoms with E-state index in [9.17, 15) is 9.59 Å². The summed E-state index contributed by atoms with van der Waals surface area (Å²) in [5.41, 5.74) is 0.370. The van der Waals surface area contributed by atoms with Crippen molar-refractivity contribution in [3.05, 3.63) is 18.2 Å². The van der Waals surface area contributed by atoms with Crippen molar-refractivity contribution in [1.82, 2.24) is 20.2 Å². The third-order valence-electron chi connectivity index (χ3n) is 2.44.